The van der Waals surface area contributed by atoms with Gasteiger partial charge in [0.25, 0.3) is 0 Å². The predicted molar refractivity (Wildman–Crippen MR) is 79.8 cm³/mol. The normalized spacial score (nSPS) is 11.7. The summed E-state index contributed by atoms with van der Waals surface area (Å²) in [4.78, 5) is -0.332. The second kappa shape index (κ2) is 5.65. The van der Waals surface area contributed by atoms with Gasteiger partial charge >= 0.3 is 0 Å². The van der Waals surface area contributed by atoms with Crippen molar-refractivity contribution in [1.82, 2.24) is 9.78 Å². The summed E-state index contributed by atoms with van der Waals surface area (Å²) in [6.07, 6.45) is 0.970. The van der Waals surface area contributed by atoms with Gasteiger partial charge in [-0.15, -0.1) is 0 Å². The molecular formula is C13H15ClFN3O2S. The number of aryl methyl sites for hydroxylation is 2. The number of nitrogens with one attached hydrogen (secondary N) is 1. The average Bonchev–Trinajstić information content (AvgIpc) is 2.61. The third kappa shape index (κ3) is 3.36. The van der Waals surface area contributed by atoms with Crippen LogP contribution in [0.5, 0.6) is 0 Å². The van der Waals surface area contributed by atoms with Gasteiger partial charge < -0.3 is 5.32 Å². The number of rotatable bonds is 4. The van der Waals surface area contributed by atoms with Crippen molar-refractivity contribution >= 4 is 27.1 Å². The van der Waals surface area contributed by atoms with Crippen LogP contribution in [0.25, 0.3) is 0 Å². The number of anilines is 1. The summed E-state index contributed by atoms with van der Waals surface area (Å²) in [6.45, 7) is 2.20. The lowest BCUT2D eigenvalue weighted by Crippen LogP contribution is -2.05. The van der Waals surface area contributed by atoms with Gasteiger partial charge in [-0.1, -0.05) is 11.6 Å². The molecule has 1 aromatic heterocycles. The Kier molecular flexibility index (Phi) is 4.25. The van der Waals surface area contributed by atoms with E-state index in [2.05, 4.69) is 10.4 Å². The molecule has 0 saturated carbocycles. The van der Waals surface area contributed by atoms with E-state index in [0.29, 0.717) is 17.4 Å². The van der Waals surface area contributed by atoms with Gasteiger partial charge in [0.2, 0.25) is 0 Å². The molecule has 0 bridgehead atoms. The zero-order valence-corrected chi connectivity index (χ0v) is 13.4. The minimum absolute atomic E-state index is 0.332. The molecule has 0 aliphatic heterocycles. The molecule has 0 amide bonds. The molecule has 114 valence electrons. The number of nitrogens with zero attached hydrogens (tertiary/aromatic N) is 2. The molecule has 0 spiro atoms. The summed E-state index contributed by atoms with van der Waals surface area (Å²) in [5.41, 5.74) is 2.08. The fourth-order valence-electron chi connectivity index (χ4n) is 1.96. The van der Waals surface area contributed by atoms with Crippen LogP contribution in [0.15, 0.2) is 23.1 Å². The highest BCUT2D eigenvalue weighted by Crippen LogP contribution is 2.23. The van der Waals surface area contributed by atoms with Gasteiger partial charge in [-0.05, 0) is 25.1 Å². The standard InChI is InChI=1S/C13H15ClFN3O2S/c1-8-10(13(14)18(2)17-8)7-16-9-4-5-11(15)12(6-9)21(3,19)20/h4-6,16H,7H2,1-3H3. The van der Waals surface area contributed by atoms with Crippen LogP contribution in [0, 0.1) is 12.7 Å². The lowest BCUT2D eigenvalue weighted by molar-refractivity contribution is 0.571. The van der Waals surface area contributed by atoms with Crippen LogP contribution in [0.1, 0.15) is 11.3 Å². The van der Waals surface area contributed by atoms with E-state index in [1.807, 2.05) is 6.92 Å². The molecular weight excluding hydrogens is 317 g/mol. The van der Waals surface area contributed by atoms with Crippen LogP contribution in [0.4, 0.5) is 10.1 Å². The Bertz CT molecular complexity index is 787. The summed E-state index contributed by atoms with van der Waals surface area (Å²) in [5.74, 6) is -0.765. The smallest absolute Gasteiger partial charge is 0.178 e. The maximum atomic E-state index is 13.5. The van der Waals surface area contributed by atoms with Crippen LogP contribution in [-0.4, -0.2) is 24.5 Å². The van der Waals surface area contributed by atoms with Crippen LogP contribution in [0.3, 0.4) is 0 Å². The number of benzene rings is 1. The maximum Gasteiger partial charge on any atom is 0.178 e. The maximum absolute atomic E-state index is 13.5. The Morgan fingerprint density at radius 1 is 1.43 bits per heavy atom. The van der Waals surface area contributed by atoms with E-state index in [1.54, 1.807) is 11.7 Å². The highest BCUT2D eigenvalue weighted by Gasteiger charge is 2.15. The molecule has 8 heteroatoms. The molecule has 0 aliphatic rings. The second-order valence-corrected chi connectivity index (χ2v) is 7.09. The van der Waals surface area contributed by atoms with Gasteiger partial charge in [-0.2, -0.15) is 5.10 Å². The summed E-state index contributed by atoms with van der Waals surface area (Å²) >= 11 is 6.11. The fraction of sp³-hybridized carbons (Fsp3) is 0.308. The van der Waals surface area contributed by atoms with Crippen molar-refractivity contribution in [2.75, 3.05) is 11.6 Å². The van der Waals surface area contributed by atoms with Gasteiger partial charge in [0, 0.05) is 31.1 Å². The van der Waals surface area contributed by atoms with E-state index in [-0.39, 0.29) is 4.90 Å². The van der Waals surface area contributed by atoms with Crippen molar-refractivity contribution < 1.29 is 12.8 Å². The minimum Gasteiger partial charge on any atom is -0.381 e. The molecule has 2 rings (SSSR count). The van der Waals surface area contributed by atoms with E-state index in [0.717, 1.165) is 23.6 Å². The zero-order valence-electron chi connectivity index (χ0n) is 11.8. The predicted octanol–water partition coefficient (Wildman–Crippen LogP) is 2.54. The minimum atomic E-state index is -3.61. The van der Waals surface area contributed by atoms with Gasteiger partial charge in [-0.3, -0.25) is 4.68 Å². The molecule has 2 aromatic rings. The molecule has 0 aliphatic carbocycles. The summed E-state index contributed by atoms with van der Waals surface area (Å²) in [6, 6.07) is 3.87. The van der Waals surface area contributed by atoms with Crippen molar-refractivity contribution in [3.8, 4) is 0 Å². The first-order valence-electron chi connectivity index (χ1n) is 6.11. The Labute approximate surface area is 127 Å². The largest absolute Gasteiger partial charge is 0.381 e. The topological polar surface area (TPSA) is 64.0 Å². The summed E-state index contributed by atoms with van der Waals surface area (Å²) in [7, 11) is -1.87. The van der Waals surface area contributed by atoms with Gasteiger partial charge in [0.15, 0.2) is 9.84 Å². The van der Waals surface area contributed by atoms with E-state index in [9.17, 15) is 12.8 Å². The Balaban J connectivity index is 2.25. The van der Waals surface area contributed by atoms with E-state index in [1.165, 1.54) is 12.1 Å². The monoisotopic (exact) mass is 331 g/mol. The summed E-state index contributed by atoms with van der Waals surface area (Å²) < 4.78 is 38.1. The van der Waals surface area contributed by atoms with Crippen LogP contribution >= 0.6 is 11.6 Å². The highest BCUT2D eigenvalue weighted by atomic mass is 35.5. The molecule has 1 heterocycles. The molecule has 21 heavy (non-hydrogen) atoms. The molecule has 0 saturated heterocycles. The summed E-state index contributed by atoms with van der Waals surface area (Å²) in [5, 5.41) is 7.71. The van der Waals surface area contributed by atoms with E-state index < -0.39 is 15.7 Å². The van der Waals surface area contributed by atoms with Crippen molar-refractivity contribution in [2.24, 2.45) is 7.05 Å². The quantitative estimate of drug-likeness (QED) is 0.935. The number of hydrogen-bond donors (Lipinski definition) is 1. The Morgan fingerprint density at radius 2 is 2.10 bits per heavy atom. The molecule has 1 N–H and O–H groups in total. The van der Waals surface area contributed by atoms with Crippen molar-refractivity contribution in [3.05, 3.63) is 40.4 Å². The molecule has 0 radical (unpaired) electrons. The lowest BCUT2D eigenvalue weighted by atomic mass is 10.2. The third-order valence-corrected chi connectivity index (χ3v) is 4.65. The van der Waals surface area contributed by atoms with Gasteiger partial charge in [-0.25, -0.2) is 12.8 Å². The number of sulfone groups is 1. The SMILES string of the molecule is Cc1nn(C)c(Cl)c1CNc1ccc(F)c(S(C)(=O)=O)c1. The van der Waals surface area contributed by atoms with E-state index in [4.69, 9.17) is 11.6 Å². The van der Waals surface area contributed by atoms with Gasteiger partial charge in [0.1, 0.15) is 15.9 Å². The zero-order chi connectivity index (χ0) is 15.8. The highest BCUT2D eigenvalue weighted by molar-refractivity contribution is 7.90. The first-order valence-corrected chi connectivity index (χ1v) is 8.38. The van der Waals surface area contributed by atoms with Crippen molar-refractivity contribution in [1.29, 1.82) is 0 Å². The average molecular weight is 332 g/mol. The first-order chi connectivity index (χ1) is 9.70. The first kappa shape index (κ1) is 15.8. The molecule has 0 unspecified atom stereocenters. The number of aromatic nitrogens is 2. The molecule has 0 atom stereocenters. The van der Waals surface area contributed by atoms with Crippen LogP contribution in [-0.2, 0) is 23.4 Å². The van der Waals surface area contributed by atoms with Crippen molar-refractivity contribution in [3.63, 3.8) is 0 Å². The van der Waals surface area contributed by atoms with E-state index >= 15 is 0 Å². The molecule has 0 fully saturated rings. The Hall–Kier alpha value is -1.60. The molecule has 1 aromatic carbocycles. The van der Waals surface area contributed by atoms with Gasteiger partial charge in [0.05, 0.1) is 5.69 Å². The second-order valence-electron chi connectivity index (χ2n) is 4.75. The van der Waals surface area contributed by atoms with Crippen molar-refractivity contribution in [2.45, 2.75) is 18.4 Å². The van der Waals surface area contributed by atoms with Crippen LogP contribution in [0.2, 0.25) is 5.15 Å². The number of halogens is 2. The Morgan fingerprint density at radius 3 is 2.62 bits per heavy atom. The van der Waals surface area contributed by atoms with Crippen LogP contribution < -0.4 is 5.32 Å². The lowest BCUT2D eigenvalue weighted by Gasteiger charge is -2.08. The fourth-order valence-corrected chi connectivity index (χ4v) is 2.97. The molecule has 5 nitrogen and oxygen atoms in total. The number of hydrogen-bond acceptors (Lipinski definition) is 4. The third-order valence-electron chi connectivity index (χ3n) is 3.07.